The monoisotopic (exact) mass is 233 g/mol. The smallest absolute Gasteiger partial charge is 0.235 e. The van der Waals surface area contributed by atoms with E-state index < -0.39 is 11.7 Å². The summed E-state index contributed by atoms with van der Waals surface area (Å²) < 4.78 is 13.2. The van der Waals surface area contributed by atoms with Gasteiger partial charge in [0.25, 0.3) is 0 Å². The average molecular weight is 233 g/mol. The van der Waals surface area contributed by atoms with Crippen LogP contribution >= 0.6 is 0 Å². The highest BCUT2D eigenvalue weighted by molar-refractivity contribution is 5.42. The summed E-state index contributed by atoms with van der Waals surface area (Å²) in [6, 6.07) is 7.70. The van der Waals surface area contributed by atoms with Crippen LogP contribution in [-0.4, -0.2) is 12.3 Å². The second-order valence-corrected chi connectivity index (χ2v) is 4.73. The Kier molecular flexibility index (Phi) is 3.39. The Bertz CT molecular complexity index is 445. The molecule has 0 N–H and O–H groups in total. The minimum absolute atomic E-state index is 0.381. The summed E-state index contributed by atoms with van der Waals surface area (Å²) in [6.45, 7) is 1.55. The molecule has 90 valence electrons. The first-order chi connectivity index (χ1) is 8.18. The summed E-state index contributed by atoms with van der Waals surface area (Å²) in [4.78, 5) is 14.5. The molecular formula is C14H16FNO. The minimum Gasteiger partial charge on any atom is -0.247 e. The van der Waals surface area contributed by atoms with Crippen molar-refractivity contribution in [1.29, 1.82) is 0 Å². The number of nitrogens with zero attached hydrogens (tertiary/aromatic N) is 1. The molecule has 1 aliphatic rings. The number of hydrogen-bond donors (Lipinski definition) is 0. The Morgan fingerprint density at radius 2 is 2.18 bits per heavy atom. The van der Waals surface area contributed by atoms with Gasteiger partial charge in [0.1, 0.15) is 6.17 Å². The van der Waals surface area contributed by atoms with Crippen molar-refractivity contribution in [1.82, 2.24) is 0 Å². The SMILES string of the molecule is CC(F)Cc1ccccc1C1(N=C=O)CCC1. The third-order valence-electron chi connectivity index (χ3n) is 3.46. The van der Waals surface area contributed by atoms with Crippen LogP contribution in [-0.2, 0) is 16.8 Å². The number of isocyanates is 1. The lowest BCUT2D eigenvalue weighted by atomic mass is 9.70. The van der Waals surface area contributed by atoms with E-state index in [2.05, 4.69) is 4.99 Å². The van der Waals surface area contributed by atoms with Gasteiger partial charge in [-0.05, 0) is 37.3 Å². The molecule has 1 aliphatic carbocycles. The van der Waals surface area contributed by atoms with Gasteiger partial charge in [0, 0.05) is 6.42 Å². The van der Waals surface area contributed by atoms with E-state index in [1.54, 1.807) is 13.0 Å². The molecule has 1 fully saturated rings. The number of carbonyl (C=O) groups excluding carboxylic acids is 1. The van der Waals surface area contributed by atoms with Crippen molar-refractivity contribution in [2.24, 2.45) is 4.99 Å². The number of rotatable bonds is 4. The summed E-state index contributed by atoms with van der Waals surface area (Å²) >= 11 is 0. The van der Waals surface area contributed by atoms with Crippen molar-refractivity contribution < 1.29 is 9.18 Å². The Hall–Kier alpha value is -1.47. The van der Waals surface area contributed by atoms with Crippen LogP contribution < -0.4 is 0 Å². The number of halogens is 1. The second kappa shape index (κ2) is 4.80. The van der Waals surface area contributed by atoms with Crippen LogP contribution in [0.4, 0.5) is 4.39 Å². The number of aliphatic imine (C=N–C) groups is 1. The highest BCUT2D eigenvalue weighted by atomic mass is 19.1. The Labute approximate surface area is 101 Å². The lowest BCUT2D eigenvalue weighted by molar-refractivity contribution is 0.252. The van der Waals surface area contributed by atoms with E-state index in [1.165, 1.54) is 0 Å². The summed E-state index contributed by atoms with van der Waals surface area (Å²) in [5, 5.41) is 0. The summed E-state index contributed by atoms with van der Waals surface area (Å²) in [5.41, 5.74) is 1.54. The van der Waals surface area contributed by atoms with Crippen LogP contribution in [0.5, 0.6) is 0 Å². The first-order valence-corrected chi connectivity index (χ1v) is 5.99. The predicted molar refractivity (Wildman–Crippen MR) is 64.4 cm³/mol. The van der Waals surface area contributed by atoms with E-state index in [-0.39, 0.29) is 0 Å². The molecule has 1 atom stereocenters. The Morgan fingerprint density at radius 1 is 1.47 bits per heavy atom. The number of benzene rings is 1. The molecule has 1 saturated carbocycles. The molecule has 0 bridgehead atoms. The van der Waals surface area contributed by atoms with E-state index in [1.807, 2.05) is 24.3 Å². The first kappa shape index (κ1) is 12.0. The van der Waals surface area contributed by atoms with Crippen LogP contribution in [0.3, 0.4) is 0 Å². The lowest BCUT2D eigenvalue weighted by Gasteiger charge is -2.38. The molecule has 17 heavy (non-hydrogen) atoms. The van der Waals surface area contributed by atoms with Gasteiger partial charge in [-0.15, -0.1) is 0 Å². The van der Waals surface area contributed by atoms with Crippen LogP contribution in [0.25, 0.3) is 0 Å². The molecule has 0 aliphatic heterocycles. The molecule has 2 rings (SSSR count). The highest BCUT2D eigenvalue weighted by Crippen LogP contribution is 2.46. The molecule has 0 saturated heterocycles. The molecule has 2 nitrogen and oxygen atoms in total. The van der Waals surface area contributed by atoms with E-state index in [0.717, 1.165) is 30.4 Å². The molecular weight excluding hydrogens is 217 g/mol. The molecule has 1 unspecified atom stereocenters. The first-order valence-electron chi connectivity index (χ1n) is 5.99. The number of hydrogen-bond acceptors (Lipinski definition) is 2. The van der Waals surface area contributed by atoms with Gasteiger partial charge in [0.15, 0.2) is 0 Å². The normalized spacial score (nSPS) is 18.9. The zero-order valence-corrected chi connectivity index (χ0v) is 9.95. The molecule has 0 amide bonds. The lowest BCUT2D eigenvalue weighted by Crippen LogP contribution is -2.33. The van der Waals surface area contributed by atoms with E-state index in [4.69, 9.17) is 0 Å². The zero-order chi connectivity index (χ0) is 12.3. The van der Waals surface area contributed by atoms with Crippen molar-refractivity contribution in [2.75, 3.05) is 0 Å². The van der Waals surface area contributed by atoms with Crippen LogP contribution in [0, 0.1) is 0 Å². The third-order valence-corrected chi connectivity index (χ3v) is 3.46. The van der Waals surface area contributed by atoms with Crippen LogP contribution in [0.2, 0.25) is 0 Å². The maximum Gasteiger partial charge on any atom is 0.235 e. The fourth-order valence-electron chi connectivity index (χ4n) is 2.50. The van der Waals surface area contributed by atoms with Gasteiger partial charge in [-0.1, -0.05) is 24.3 Å². The van der Waals surface area contributed by atoms with E-state index in [0.29, 0.717) is 6.42 Å². The molecule has 0 heterocycles. The van der Waals surface area contributed by atoms with Crippen molar-refractivity contribution in [3.63, 3.8) is 0 Å². The molecule has 1 aromatic carbocycles. The van der Waals surface area contributed by atoms with Crippen LogP contribution in [0.1, 0.15) is 37.3 Å². The van der Waals surface area contributed by atoms with Gasteiger partial charge >= 0.3 is 0 Å². The van der Waals surface area contributed by atoms with Crippen molar-refractivity contribution in [3.05, 3.63) is 35.4 Å². The molecule has 1 aromatic rings. The topological polar surface area (TPSA) is 29.4 Å². The average Bonchev–Trinajstić information content (AvgIpc) is 2.24. The van der Waals surface area contributed by atoms with Crippen molar-refractivity contribution in [2.45, 2.75) is 44.3 Å². The molecule has 3 heteroatoms. The Balaban J connectivity index is 2.39. The molecule has 0 radical (unpaired) electrons. The number of alkyl halides is 1. The third kappa shape index (κ3) is 2.29. The minimum atomic E-state index is -0.881. The van der Waals surface area contributed by atoms with Gasteiger partial charge in [0.05, 0.1) is 5.54 Å². The Morgan fingerprint density at radius 3 is 2.71 bits per heavy atom. The maximum atomic E-state index is 13.2. The van der Waals surface area contributed by atoms with Crippen molar-refractivity contribution >= 4 is 6.08 Å². The van der Waals surface area contributed by atoms with Gasteiger partial charge < -0.3 is 0 Å². The maximum absolute atomic E-state index is 13.2. The van der Waals surface area contributed by atoms with E-state index in [9.17, 15) is 9.18 Å². The van der Waals surface area contributed by atoms with Crippen LogP contribution in [0.15, 0.2) is 29.3 Å². The summed E-state index contributed by atoms with van der Waals surface area (Å²) in [7, 11) is 0. The zero-order valence-electron chi connectivity index (χ0n) is 9.95. The van der Waals surface area contributed by atoms with Crippen molar-refractivity contribution in [3.8, 4) is 0 Å². The highest BCUT2D eigenvalue weighted by Gasteiger charge is 2.40. The van der Waals surface area contributed by atoms with Gasteiger partial charge in [-0.3, -0.25) is 0 Å². The van der Waals surface area contributed by atoms with Gasteiger partial charge in [-0.25, -0.2) is 9.18 Å². The molecule has 0 aromatic heterocycles. The predicted octanol–water partition coefficient (Wildman–Crippen LogP) is 3.30. The largest absolute Gasteiger partial charge is 0.247 e. The van der Waals surface area contributed by atoms with Gasteiger partial charge in [0.2, 0.25) is 6.08 Å². The fraction of sp³-hybridized carbons (Fsp3) is 0.500. The fourth-order valence-corrected chi connectivity index (χ4v) is 2.50. The second-order valence-electron chi connectivity index (χ2n) is 4.73. The standard InChI is InChI=1S/C14H16FNO/c1-11(15)9-12-5-2-3-6-13(12)14(16-10-17)7-4-8-14/h2-3,5-6,11H,4,7-9H2,1H3. The quantitative estimate of drug-likeness (QED) is 0.579. The summed E-state index contributed by atoms with van der Waals surface area (Å²) in [6.07, 6.45) is 3.95. The summed E-state index contributed by atoms with van der Waals surface area (Å²) in [5.74, 6) is 0. The van der Waals surface area contributed by atoms with E-state index >= 15 is 0 Å². The van der Waals surface area contributed by atoms with Gasteiger partial charge in [-0.2, -0.15) is 4.99 Å². The molecule has 0 spiro atoms.